The average Bonchev–Trinajstić information content (AvgIpc) is 3.25. The van der Waals surface area contributed by atoms with E-state index in [1.807, 2.05) is 0 Å². The quantitative estimate of drug-likeness (QED) is 0.537. The van der Waals surface area contributed by atoms with Crippen LogP contribution >= 0.6 is 0 Å². The number of nitrogens with zero attached hydrogens (tertiary/aromatic N) is 1. The highest BCUT2D eigenvalue weighted by molar-refractivity contribution is 5.94. The minimum atomic E-state index is -1.13. The van der Waals surface area contributed by atoms with Crippen molar-refractivity contribution in [3.63, 3.8) is 0 Å². The van der Waals surface area contributed by atoms with Gasteiger partial charge in [0.25, 0.3) is 0 Å². The van der Waals surface area contributed by atoms with Crippen molar-refractivity contribution in [2.45, 2.75) is 25.9 Å². The first kappa shape index (κ1) is 20.7. The molecule has 0 saturated carbocycles. The summed E-state index contributed by atoms with van der Waals surface area (Å²) in [6, 6.07) is 12.6. The molecular weight excluding hydrogens is 407 g/mol. The number of rotatable bonds is 6. The highest BCUT2D eigenvalue weighted by Gasteiger charge is 2.23. The molecule has 0 spiro atoms. The molecule has 1 N–H and O–H groups in total. The summed E-state index contributed by atoms with van der Waals surface area (Å²) in [6.45, 7) is -0.225. The van der Waals surface area contributed by atoms with Crippen molar-refractivity contribution in [3.05, 3.63) is 94.6 Å². The zero-order chi connectivity index (χ0) is 22.0. The molecule has 1 aromatic heterocycles. The van der Waals surface area contributed by atoms with Gasteiger partial charge in [-0.3, -0.25) is 0 Å². The first-order chi connectivity index (χ1) is 14.9. The van der Waals surface area contributed by atoms with E-state index in [4.69, 9.17) is 4.74 Å². The van der Waals surface area contributed by atoms with Crippen LogP contribution in [0, 0.1) is 17.5 Å². The third-order valence-electron chi connectivity index (χ3n) is 5.18. The highest BCUT2D eigenvalue weighted by Crippen LogP contribution is 2.42. The number of halogens is 3. The largest absolute Gasteiger partial charge is 0.488 e. The Kier molecular flexibility index (Phi) is 5.75. The van der Waals surface area contributed by atoms with E-state index in [1.54, 1.807) is 12.1 Å². The SMILES string of the molecule is O=C(O)c1cccc(C2=C(c3cc(F)ccc3OCc3cccc(F)c3F)CCC2)n1. The maximum absolute atomic E-state index is 14.1. The predicted molar refractivity (Wildman–Crippen MR) is 109 cm³/mol. The fourth-order valence-corrected chi connectivity index (χ4v) is 3.72. The van der Waals surface area contributed by atoms with E-state index < -0.39 is 23.4 Å². The van der Waals surface area contributed by atoms with Gasteiger partial charge in [-0.05, 0) is 66.8 Å². The van der Waals surface area contributed by atoms with Gasteiger partial charge in [-0.1, -0.05) is 18.2 Å². The highest BCUT2D eigenvalue weighted by atomic mass is 19.2. The molecule has 0 fully saturated rings. The van der Waals surface area contributed by atoms with Crippen molar-refractivity contribution in [2.24, 2.45) is 0 Å². The summed E-state index contributed by atoms with van der Waals surface area (Å²) in [7, 11) is 0. The van der Waals surface area contributed by atoms with Crippen LogP contribution in [0.15, 0.2) is 54.6 Å². The van der Waals surface area contributed by atoms with E-state index in [0.29, 0.717) is 29.8 Å². The molecule has 0 radical (unpaired) electrons. The van der Waals surface area contributed by atoms with E-state index in [-0.39, 0.29) is 17.9 Å². The molecule has 7 heteroatoms. The molecule has 31 heavy (non-hydrogen) atoms. The number of allylic oxidation sites excluding steroid dienone is 2. The molecule has 1 heterocycles. The molecular formula is C24H18F3NO3. The Morgan fingerprint density at radius 1 is 1.00 bits per heavy atom. The molecule has 158 valence electrons. The maximum Gasteiger partial charge on any atom is 0.354 e. The van der Waals surface area contributed by atoms with Gasteiger partial charge in [-0.25, -0.2) is 22.9 Å². The third kappa shape index (κ3) is 4.30. The number of hydrogen-bond donors (Lipinski definition) is 1. The summed E-state index contributed by atoms with van der Waals surface area (Å²) in [5, 5.41) is 9.23. The number of pyridine rings is 1. The lowest BCUT2D eigenvalue weighted by molar-refractivity contribution is 0.0690. The summed E-state index contributed by atoms with van der Waals surface area (Å²) < 4.78 is 47.3. The van der Waals surface area contributed by atoms with Gasteiger partial charge in [-0.2, -0.15) is 0 Å². The molecule has 4 nitrogen and oxygen atoms in total. The van der Waals surface area contributed by atoms with Gasteiger partial charge in [-0.15, -0.1) is 0 Å². The van der Waals surface area contributed by atoms with Crippen LogP contribution in [0.4, 0.5) is 13.2 Å². The fraction of sp³-hybridized carbons (Fsp3) is 0.167. The second-order valence-electron chi connectivity index (χ2n) is 7.17. The van der Waals surface area contributed by atoms with E-state index in [0.717, 1.165) is 23.6 Å². The van der Waals surface area contributed by atoms with Crippen LogP contribution < -0.4 is 4.74 Å². The molecule has 0 unspecified atom stereocenters. The number of ether oxygens (including phenoxy) is 1. The molecule has 0 aliphatic heterocycles. The van der Waals surface area contributed by atoms with Crippen LogP contribution in [0.2, 0.25) is 0 Å². The fourth-order valence-electron chi connectivity index (χ4n) is 3.72. The molecule has 3 aromatic rings. The number of aromatic carboxylic acids is 1. The lowest BCUT2D eigenvalue weighted by atomic mass is 9.98. The lowest BCUT2D eigenvalue weighted by Crippen LogP contribution is -2.04. The van der Waals surface area contributed by atoms with Crippen LogP contribution in [0.25, 0.3) is 11.1 Å². The average molecular weight is 425 g/mol. The van der Waals surface area contributed by atoms with Crippen LogP contribution in [0.3, 0.4) is 0 Å². The Hall–Kier alpha value is -3.61. The molecule has 2 aromatic carbocycles. The molecule has 1 aliphatic carbocycles. The Morgan fingerprint density at radius 2 is 1.77 bits per heavy atom. The summed E-state index contributed by atoms with van der Waals surface area (Å²) in [5.41, 5.74) is 2.59. The number of carboxylic acid groups (broad SMARTS) is 1. The summed E-state index contributed by atoms with van der Waals surface area (Å²) in [5.74, 6) is -3.22. The molecule has 0 saturated heterocycles. The third-order valence-corrected chi connectivity index (χ3v) is 5.18. The van der Waals surface area contributed by atoms with Crippen molar-refractivity contribution in [3.8, 4) is 5.75 Å². The number of aromatic nitrogens is 1. The van der Waals surface area contributed by atoms with Gasteiger partial charge in [0.15, 0.2) is 11.6 Å². The maximum atomic E-state index is 14.1. The van der Waals surface area contributed by atoms with E-state index in [9.17, 15) is 23.1 Å². The number of carbonyl (C=O) groups is 1. The summed E-state index contributed by atoms with van der Waals surface area (Å²) >= 11 is 0. The summed E-state index contributed by atoms with van der Waals surface area (Å²) in [4.78, 5) is 15.5. The van der Waals surface area contributed by atoms with Gasteiger partial charge in [0.05, 0.1) is 5.69 Å². The Labute approximate surface area is 176 Å². The van der Waals surface area contributed by atoms with Crippen molar-refractivity contribution < 1.29 is 27.8 Å². The summed E-state index contributed by atoms with van der Waals surface area (Å²) in [6.07, 6.45) is 2.07. The van der Waals surface area contributed by atoms with Gasteiger partial charge < -0.3 is 9.84 Å². The molecule has 0 amide bonds. The molecule has 4 rings (SSSR count). The van der Waals surface area contributed by atoms with Crippen LogP contribution in [0.1, 0.15) is 46.6 Å². The van der Waals surface area contributed by atoms with E-state index in [2.05, 4.69) is 4.98 Å². The predicted octanol–water partition coefficient (Wildman–Crippen LogP) is 5.87. The van der Waals surface area contributed by atoms with Gasteiger partial charge in [0, 0.05) is 11.1 Å². The minimum Gasteiger partial charge on any atom is -0.488 e. The minimum absolute atomic E-state index is 0.0479. The van der Waals surface area contributed by atoms with Crippen molar-refractivity contribution in [1.29, 1.82) is 0 Å². The second-order valence-corrected chi connectivity index (χ2v) is 7.17. The van der Waals surface area contributed by atoms with Crippen LogP contribution in [-0.2, 0) is 6.61 Å². The van der Waals surface area contributed by atoms with Crippen LogP contribution in [0.5, 0.6) is 5.75 Å². The smallest absolute Gasteiger partial charge is 0.354 e. The monoisotopic (exact) mass is 425 g/mol. The van der Waals surface area contributed by atoms with Crippen molar-refractivity contribution in [2.75, 3.05) is 0 Å². The van der Waals surface area contributed by atoms with Gasteiger partial charge >= 0.3 is 5.97 Å². The van der Waals surface area contributed by atoms with E-state index in [1.165, 1.54) is 36.4 Å². The number of benzene rings is 2. The van der Waals surface area contributed by atoms with Crippen LogP contribution in [-0.4, -0.2) is 16.1 Å². The molecule has 0 bridgehead atoms. The van der Waals surface area contributed by atoms with Crippen molar-refractivity contribution in [1.82, 2.24) is 4.98 Å². The first-order valence-corrected chi connectivity index (χ1v) is 9.72. The zero-order valence-corrected chi connectivity index (χ0v) is 16.4. The lowest BCUT2D eigenvalue weighted by Gasteiger charge is -2.15. The Morgan fingerprint density at radius 3 is 2.58 bits per heavy atom. The Bertz CT molecular complexity index is 1190. The van der Waals surface area contributed by atoms with Crippen molar-refractivity contribution >= 4 is 17.1 Å². The molecule has 0 atom stereocenters. The topological polar surface area (TPSA) is 59.4 Å². The second kappa shape index (κ2) is 8.63. The normalized spacial score (nSPS) is 13.5. The first-order valence-electron chi connectivity index (χ1n) is 9.72. The molecule has 1 aliphatic rings. The zero-order valence-electron chi connectivity index (χ0n) is 16.4. The van der Waals surface area contributed by atoms with Gasteiger partial charge in [0.1, 0.15) is 23.9 Å². The number of hydrogen-bond acceptors (Lipinski definition) is 3. The number of carboxylic acids is 1. The standard InChI is InChI=1S/C24H18F3NO3/c25-15-10-11-22(31-13-14-4-1-7-19(26)23(14)27)18(12-15)16-5-2-6-17(16)20-8-3-9-21(28-20)24(29)30/h1,3-4,7-12H,2,5-6,13H2,(H,29,30). The van der Waals surface area contributed by atoms with Gasteiger partial charge in [0.2, 0.25) is 0 Å². The van der Waals surface area contributed by atoms with E-state index >= 15 is 0 Å². The Balaban J connectivity index is 1.72.